The first-order valence-electron chi connectivity index (χ1n) is 9.14. The molecule has 7 nitrogen and oxygen atoms in total. The van der Waals surface area contributed by atoms with Crippen molar-refractivity contribution in [2.24, 2.45) is 0 Å². The molecule has 1 amide bonds. The highest BCUT2D eigenvalue weighted by Gasteiger charge is 2.16. The first-order valence-corrected chi connectivity index (χ1v) is 10.6. The van der Waals surface area contributed by atoms with E-state index in [4.69, 9.17) is 4.74 Å². The maximum atomic E-state index is 12.6. The molecule has 2 aromatic carbocycles. The average molecular weight is 413 g/mol. The predicted octanol–water partition coefficient (Wildman–Crippen LogP) is 3.35. The summed E-state index contributed by atoms with van der Waals surface area (Å²) in [4.78, 5) is 12.3. The number of sulfonamides is 1. The van der Waals surface area contributed by atoms with Gasteiger partial charge in [-0.05, 0) is 67.3 Å². The molecule has 29 heavy (non-hydrogen) atoms. The van der Waals surface area contributed by atoms with Crippen molar-refractivity contribution in [1.29, 1.82) is 0 Å². The van der Waals surface area contributed by atoms with Crippen LogP contribution in [0.4, 0.5) is 5.69 Å². The lowest BCUT2D eigenvalue weighted by atomic mass is 10.0. The van der Waals surface area contributed by atoms with E-state index < -0.39 is 15.9 Å². The molecule has 0 heterocycles. The summed E-state index contributed by atoms with van der Waals surface area (Å²) in [7, 11) is -2.30. The lowest BCUT2D eigenvalue weighted by Crippen LogP contribution is -2.34. The molecule has 1 aliphatic rings. The molecular formula is C21H23N3O4S. The zero-order valence-electron chi connectivity index (χ0n) is 16.0. The standard InChI is InChI=1S/C21H23N3O4S/c1-28-19-12-10-18(11-13-19)24-29(26,27)20-9-5-8-17(14-20)21(25)23-22-15-16-6-3-2-4-7-16/h2-3,5,8-15,22,24H,4,6-7H2,1H3,(H,23,25)/b16-15+. The number of hydrogen-bond acceptors (Lipinski definition) is 5. The van der Waals surface area contributed by atoms with Crippen LogP contribution in [0.3, 0.4) is 0 Å². The maximum Gasteiger partial charge on any atom is 0.269 e. The molecule has 0 fully saturated rings. The Bertz CT molecular complexity index is 1030. The fraction of sp³-hybridized carbons (Fsp3) is 0.190. The zero-order valence-corrected chi connectivity index (χ0v) is 16.8. The number of amides is 1. The first-order chi connectivity index (χ1) is 14.0. The number of hydrogen-bond donors (Lipinski definition) is 3. The predicted molar refractivity (Wildman–Crippen MR) is 112 cm³/mol. The largest absolute Gasteiger partial charge is 0.497 e. The molecule has 0 saturated carbocycles. The van der Waals surface area contributed by atoms with E-state index in [0.717, 1.165) is 19.3 Å². The van der Waals surface area contributed by atoms with E-state index in [2.05, 4.69) is 27.7 Å². The number of benzene rings is 2. The van der Waals surface area contributed by atoms with Crippen molar-refractivity contribution < 1.29 is 17.9 Å². The van der Waals surface area contributed by atoms with Gasteiger partial charge in [-0.15, -0.1) is 0 Å². The molecule has 0 spiro atoms. The molecule has 0 radical (unpaired) electrons. The third-order valence-electron chi connectivity index (χ3n) is 4.39. The molecule has 0 bridgehead atoms. The van der Waals surface area contributed by atoms with Gasteiger partial charge in [0.1, 0.15) is 5.75 Å². The quantitative estimate of drug-likeness (QED) is 0.478. The van der Waals surface area contributed by atoms with Gasteiger partial charge >= 0.3 is 0 Å². The number of ether oxygens (including phenoxy) is 1. The molecule has 0 atom stereocenters. The summed E-state index contributed by atoms with van der Waals surface area (Å²) in [6.45, 7) is 0. The number of methoxy groups -OCH3 is 1. The number of anilines is 1. The van der Waals surface area contributed by atoms with Crippen LogP contribution in [-0.4, -0.2) is 21.4 Å². The van der Waals surface area contributed by atoms with E-state index in [1.807, 2.05) is 0 Å². The lowest BCUT2D eigenvalue weighted by molar-refractivity contribution is 0.0940. The Hall–Kier alpha value is -3.26. The Morgan fingerprint density at radius 1 is 1.10 bits per heavy atom. The fourth-order valence-electron chi connectivity index (χ4n) is 2.81. The third-order valence-corrected chi connectivity index (χ3v) is 5.77. The minimum Gasteiger partial charge on any atom is -0.497 e. The molecule has 8 heteroatoms. The van der Waals surface area contributed by atoms with Crippen LogP contribution in [0.2, 0.25) is 0 Å². The highest BCUT2D eigenvalue weighted by Crippen LogP contribution is 2.20. The molecular weight excluding hydrogens is 390 g/mol. The zero-order chi connectivity index (χ0) is 20.7. The van der Waals surface area contributed by atoms with Gasteiger partial charge in [0.15, 0.2) is 0 Å². The van der Waals surface area contributed by atoms with Gasteiger partial charge < -0.3 is 10.2 Å². The Balaban J connectivity index is 1.66. The van der Waals surface area contributed by atoms with Gasteiger partial charge in [0, 0.05) is 17.5 Å². The van der Waals surface area contributed by atoms with E-state index in [0.29, 0.717) is 11.4 Å². The second-order valence-electron chi connectivity index (χ2n) is 6.48. The smallest absolute Gasteiger partial charge is 0.269 e. The van der Waals surface area contributed by atoms with Gasteiger partial charge in [0.2, 0.25) is 0 Å². The van der Waals surface area contributed by atoms with E-state index in [1.54, 1.807) is 36.5 Å². The molecule has 152 valence electrons. The highest BCUT2D eigenvalue weighted by atomic mass is 32.2. The number of carbonyl (C=O) groups excluding carboxylic acids is 1. The lowest BCUT2D eigenvalue weighted by Gasteiger charge is -2.11. The molecule has 0 aromatic heterocycles. The summed E-state index contributed by atoms with van der Waals surface area (Å²) in [5, 5.41) is 0. The van der Waals surface area contributed by atoms with Crippen molar-refractivity contribution >= 4 is 21.6 Å². The Kier molecular flexibility index (Phi) is 6.56. The molecule has 1 aliphatic carbocycles. The summed E-state index contributed by atoms with van der Waals surface area (Å²) < 4.78 is 32.8. The molecule has 3 N–H and O–H groups in total. The Morgan fingerprint density at radius 2 is 1.90 bits per heavy atom. The van der Waals surface area contributed by atoms with Crippen LogP contribution >= 0.6 is 0 Å². The monoisotopic (exact) mass is 413 g/mol. The van der Waals surface area contributed by atoms with Crippen LogP contribution in [-0.2, 0) is 10.0 Å². The van der Waals surface area contributed by atoms with Crippen molar-refractivity contribution in [3.05, 3.63) is 78.0 Å². The molecule has 0 aliphatic heterocycles. The summed E-state index contributed by atoms with van der Waals surface area (Å²) in [5.74, 6) is 0.202. The van der Waals surface area contributed by atoms with Gasteiger partial charge in [0.25, 0.3) is 15.9 Å². The molecule has 0 saturated heterocycles. The number of nitrogens with one attached hydrogen (secondary N) is 3. The number of rotatable bonds is 7. The number of allylic oxidation sites excluding steroid dienone is 3. The SMILES string of the molecule is COc1ccc(NS(=O)(=O)c2cccc(C(=O)NN/C=C3\CC=CCC3)c2)cc1. The minimum atomic E-state index is -3.84. The van der Waals surface area contributed by atoms with Crippen molar-refractivity contribution in [2.45, 2.75) is 24.2 Å². The topological polar surface area (TPSA) is 96.5 Å². The highest BCUT2D eigenvalue weighted by molar-refractivity contribution is 7.92. The van der Waals surface area contributed by atoms with E-state index in [-0.39, 0.29) is 10.5 Å². The molecule has 3 rings (SSSR count). The van der Waals surface area contributed by atoms with Gasteiger partial charge in [-0.3, -0.25) is 14.9 Å². The van der Waals surface area contributed by atoms with E-state index >= 15 is 0 Å². The van der Waals surface area contributed by atoms with Gasteiger partial charge in [-0.25, -0.2) is 8.42 Å². The van der Waals surface area contributed by atoms with Crippen molar-refractivity contribution in [3.8, 4) is 5.75 Å². The normalized spacial score (nSPS) is 15.0. The summed E-state index contributed by atoms with van der Waals surface area (Å²) in [5.41, 5.74) is 7.18. The van der Waals surface area contributed by atoms with Crippen molar-refractivity contribution in [3.63, 3.8) is 0 Å². The van der Waals surface area contributed by atoms with Crippen LogP contribution in [0.25, 0.3) is 0 Å². The average Bonchev–Trinajstić information content (AvgIpc) is 2.75. The second-order valence-corrected chi connectivity index (χ2v) is 8.16. The summed E-state index contributed by atoms with van der Waals surface area (Å²) in [6, 6.07) is 12.4. The van der Waals surface area contributed by atoms with Crippen LogP contribution in [0.1, 0.15) is 29.6 Å². The van der Waals surface area contributed by atoms with Crippen molar-refractivity contribution in [1.82, 2.24) is 10.9 Å². The third kappa shape index (κ3) is 5.61. The van der Waals surface area contributed by atoms with E-state index in [1.165, 1.54) is 30.9 Å². The van der Waals surface area contributed by atoms with Crippen LogP contribution < -0.4 is 20.3 Å². The summed E-state index contributed by atoms with van der Waals surface area (Å²) >= 11 is 0. The Labute approximate surface area is 170 Å². The van der Waals surface area contributed by atoms with E-state index in [9.17, 15) is 13.2 Å². The molecule has 2 aromatic rings. The minimum absolute atomic E-state index is 0.00302. The van der Waals surface area contributed by atoms with Gasteiger partial charge in [0.05, 0.1) is 12.0 Å². The first kappa shape index (κ1) is 20.5. The maximum absolute atomic E-state index is 12.6. The van der Waals surface area contributed by atoms with Gasteiger partial charge in [-0.2, -0.15) is 0 Å². The van der Waals surface area contributed by atoms with Gasteiger partial charge in [-0.1, -0.05) is 18.2 Å². The summed E-state index contributed by atoms with van der Waals surface area (Å²) in [6.07, 6.45) is 8.78. The number of hydrazine groups is 1. The fourth-order valence-corrected chi connectivity index (χ4v) is 3.91. The second kappa shape index (κ2) is 9.29. The number of carbonyl (C=O) groups is 1. The molecule has 0 unspecified atom stereocenters. The van der Waals surface area contributed by atoms with Crippen LogP contribution in [0, 0.1) is 0 Å². The Morgan fingerprint density at radius 3 is 2.59 bits per heavy atom. The van der Waals surface area contributed by atoms with Crippen LogP contribution in [0.15, 0.2) is 77.4 Å². The van der Waals surface area contributed by atoms with Crippen molar-refractivity contribution in [2.75, 3.05) is 11.8 Å². The van der Waals surface area contributed by atoms with Crippen LogP contribution in [0.5, 0.6) is 5.75 Å².